The minimum Gasteiger partial charge on any atom is -0.331 e. The third-order valence-electron chi connectivity index (χ3n) is 3.70. The minimum atomic E-state index is -0.615. The van der Waals surface area contributed by atoms with Crippen LogP contribution in [0.3, 0.4) is 0 Å². The second-order valence-electron chi connectivity index (χ2n) is 5.19. The molecule has 17 heavy (non-hydrogen) atoms. The number of hydrogen-bond donors (Lipinski definition) is 0. The van der Waals surface area contributed by atoms with Gasteiger partial charge in [-0.05, 0) is 26.7 Å². The fourth-order valence-corrected chi connectivity index (χ4v) is 2.60. The molecule has 0 N–H and O–H groups in total. The zero-order valence-corrected chi connectivity index (χ0v) is 10.4. The Morgan fingerprint density at radius 1 is 1.35 bits per heavy atom. The van der Waals surface area contributed by atoms with Crippen molar-refractivity contribution in [3.63, 3.8) is 0 Å². The van der Waals surface area contributed by atoms with E-state index in [0.717, 1.165) is 12.8 Å². The molecule has 1 unspecified atom stereocenters. The second-order valence-corrected chi connectivity index (χ2v) is 5.19. The van der Waals surface area contributed by atoms with E-state index in [2.05, 4.69) is 5.92 Å². The molecule has 0 spiro atoms. The van der Waals surface area contributed by atoms with Crippen molar-refractivity contribution in [1.29, 1.82) is 0 Å². The van der Waals surface area contributed by atoms with Crippen LogP contribution in [0, 0.1) is 12.3 Å². The summed E-state index contributed by atoms with van der Waals surface area (Å²) in [5.74, 6) is 2.73. The molecule has 1 atom stereocenters. The smallest absolute Gasteiger partial charge is 0.246 e. The Morgan fingerprint density at radius 2 is 2.06 bits per heavy atom. The lowest BCUT2D eigenvalue weighted by Gasteiger charge is -2.35. The van der Waals surface area contributed by atoms with E-state index in [9.17, 15) is 9.59 Å². The summed E-state index contributed by atoms with van der Waals surface area (Å²) < 4.78 is 0. The van der Waals surface area contributed by atoms with Crippen molar-refractivity contribution in [2.75, 3.05) is 13.1 Å². The van der Waals surface area contributed by atoms with Gasteiger partial charge >= 0.3 is 0 Å². The van der Waals surface area contributed by atoms with Gasteiger partial charge in [0, 0.05) is 19.5 Å². The molecule has 2 saturated heterocycles. The number of nitrogens with zero attached hydrogens (tertiary/aromatic N) is 2. The molecule has 0 aliphatic carbocycles. The monoisotopic (exact) mass is 234 g/mol. The minimum absolute atomic E-state index is 0.0105. The summed E-state index contributed by atoms with van der Waals surface area (Å²) in [6, 6.07) is -0.280. The average Bonchev–Trinajstić information content (AvgIpc) is 2.73. The fourth-order valence-electron chi connectivity index (χ4n) is 2.60. The first-order chi connectivity index (χ1) is 7.97. The Labute approximate surface area is 102 Å². The zero-order valence-electron chi connectivity index (χ0n) is 10.4. The number of fused-ring (bicyclic) bond motifs is 1. The number of carbonyl (C=O) groups is 2. The van der Waals surface area contributed by atoms with Crippen LogP contribution < -0.4 is 0 Å². The predicted octanol–water partition coefficient (Wildman–Crippen LogP) is 0.621. The third-order valence-corrected chi connectivity index (χ3v) is 3.70. The van der Waals surface area contributed by atoms with Gasteiger partial charge in [0.25, 0.3) is 0 Å². The van der Waals surface area contributed by atoms with E-state index < -0.39 is 5.54 Å². The molecular formula is C13H18N2O2. The van der Waals surface area contributed by atoms with Gasteiger partial charge < -0.3 is 9.80 Å². The van der Waals surface area contributed by atoms with Crippen LogP contribution >= 0.6 is 0 Å². The lowest BCUT2D eigenvalue weighted by molar-refractivity contribution is -0.141. The Bertz CT molecular complexity index is 395. The molecule has 0 aromatic rings. The fraction of sp³-hybridized carbons (Fsp3) is 0.692. The van der Waals surface area contributed by atoms with Crippen molar-refractivity contribution in [2.45, 2.75) is 44.7 Å². The Morgan fingerprint density at radius 3 is 2.71 bits per heavy atom. The van der Waals surface area contributed by atoms with Gasteiger partial charge in [0.2, 0.25) is 11.8 Å². The normalized spacial score (nSPS) is 25.6. The molecule has 2 aliphatic rings. The van der Waals surface area contributed by atoms with Gasteiger partial charge in [-0.25, -0.2) is 0 Å². The van der Waals surface area contributed by atoms with E-state index in [1.165, 1.54) is 0 Å². The summed E-state index contributed by atoms with van der Waals surface area (Å²) in [5, 5.41) is 0. The molecule has 0 bridgehead atoms. The average molecular weight is 234 g/mol. The van der Waals surface area contributed by atoms with E-state index in [1.54, 1.807) is 9.80 Å². The molecule has 2 heterocycles. The van der Waals surface area contributed by atoms with Gasteiger partial charge in [-0.15, -0.1) is 6.42 Å². The Hall–Kier alpha value is -1.50. The Kier molecular flexibility index (Phi) is 2.86. The Balaban J connectivity index is 2.30. The molecule has 4 nitrogen and oxygen atoms in total. The molecular weight excluding hydrogens is 216 g/mol. The van der Waals surface area contributed by atoms with E-state index in [-0.39, 0.29) is 17.9 Å². The predicted molar refractivity (Wildman–Crippen MR) is 64.0 cm³/mol. The molecule has 2 amide bonds. The largest absolute Gasteiger partial charge is 0.331 e. The lowest BCUT2D eigenvalue weighted by Crippen LogP contribution is -2.51. The van der Waals surface area contributed by atoms with E-state index in [1.807, 2.05) is 13.8 Å². The lowest BCUT2D eigenvalue weighted by atomic mass is 10.0. The summed E-state index contributed by atoms with van der Waals surface area (Å²) in [5.41, 5.74) is -0.615. The highest BCUT2D eigenvalue weighted by Gasteiger charge is 2.42. The first kappa shape index (κ1) is 12.0. The highest BCUT2D eigenvalue weighted by molar-refractivity contribution is 5.91. The van der Waals surface area contributed by atoms with Gasteiger partial charge in [-0.1, -0.05) is 5.92 Å². The molecule has 0 radical (unpaired) electrons. The number of terminal acetylenes is 1. The molecule has 4 heteroatoms. The molecule has 0 aromatic carbocycles. The van der Waals surface area contributed by atoms with Gasteiger partial charge in [0.15, 0.2) is 0 Å². The molecule has 2 rings (SSSR count). The number of rotatable bonds is 1. The summed E-state index contributed by atoms with van der Waals surface area (Å²) in [4.78, 5) is 27.7. The van der Waals surface area contributed by atoms with Crippen LogP contribution in [0.2, 0.25) is 0 Å². The highest BCUT2D eigenvalue weighted by Crippen LogP contribution is 2.27. The van der Waals surface area contributed by atoms with Crippen molar-refractivity contribution in [1.82, 2.24) is 9.80 Å². The molecule has 92 valence electrons. The van der Waals surface area contributed by atoms with Crippen LogP contribution in [0.15, 0.2) is 0 Å². The number of amides is 2. The third kappa shape index (κ3) is 1.90. The van der Waals surface area contributed by atoms with Crippen LogP contribution in [0.5, 0.6) is 0 Å². The van der Waals surface area contributed by atoms with E-state index in [4.69, 9.17) is 6.42 Å². The maximum atomic E-state index is 12.4. The molecule has 2 fully saturated rings. The van der Waals surface area contributed by atoms with Crippen LogP contribution in [0.1, 0.15) is 33.1 Å². The van der Waals surface area contributed by atoms with Crippen LogP contribution in [-0.2, 0) is 9.59 Å². The molecule has 2 aliphatic heterocycles. The number of carbonyl (C=O) groups excluding carboxylic acids is 2. The van der Waals surface area contributed by atoms with E-state index >= 15 is 0 Å². The van der Waals surface area contributed by atoms with Crippen LogP contribution in [0.4, 0.5) is 0 Å². The summed E-state index contributed by atoms with van der Waals surface area (Å²) in [7, 11) is 0. The topological polar surface area (TPSA) is 40.6 Å². The van der Waals surface area contributed by atoms with Crippen molar-refractivity contribution >= 4 is 11.8 Å². The van der Waals surface area contributed by atoms with Gasteiger partial charge in [0.05, 0.1) is 5.54 Å². The molecule has 0 aromatic heterocycles. The van der Waals surface area contributed by atoms with Crippen molar-refractivity contribution < 1.29 is 9.59 Å². The van der Waals surface area contributed by atoms with E-state index in [0.29, 0.717) is 19.5 Å². The molecule has 0 saturated carbocycles. The maximum absolute atomic E-state index is 12.4. The quantitative estimate of drug-likeness (QED) is 0.624. The SMILES string of the molecule is C#CC(C)(C)N1CCC(=O)N2CCCC2C1=O. The van der Waals surface area contributed by atoms with Gasteiger partial charge in [-0.3, -0.25) is 9.59 Å². The first-order valence-electron chi connectivity index (χ1n) is 6.06. The standard InChI is InChI=1S/C13H18N2O2/c1-4-13(2,3)15-9-7-11(16)14-8-5-6-10(14)12(15)17/h1,10H,5-9H2,2-3H3. The number of hydrogen-bond acceptors (Lipinski definition) is 2. The summed E-state index contributed by atoms with van der Waals surface area (Å²) in [6.07, 6.45) is 7.54. The van der Waals surface area contributed by atoms with Gasteiger partial charge in [-0.2, -0.15) is 0 Å². The van der Waals surface area contributed by atoms with Crippen molar-refractivity contribution in [2.24, 2.45) is 0 Å². The van der Waals surface area contributed by atoms with Crippen molar-refractivity contribution in [3.05, 3.63) is 0 Å². The van der Waals surface area contributed by atoms with Gasteiger partial charge in [0.1, 0.15) is 6.04 Å². The zero-order chi connectivity index (χ0) is 12.6. The van der Waals surface area contributed by atoms with Crippen molar-refractivity contribution in [3.8, 4) is 12.3 Å². The first-order valence-corrected chi connectivity index (χ1v) is 6.06. The second kappa shape index (κ2) is 4.06. The summed E-state index contributed by atoms with van der Waals surface area (Å²) in [6.45, 7) is 4.83. The highest BCUT2D eigenvalue weighted by atomic mass is 16.2. The van der Waals surface area contributed by atoms with Crippen LogP contribution in [0.25, 0.3) is 0 Å². The summed E-state index contributed by atoms with van der Waals surface area (Å²) >= 11 is 0. The van der Waals surface area contributed by atoms with Crippen LogP contribution in [-0.4, -0.2) is 46.3 Å². The maximum Gasteiger partial charge on any atom is 0.246 e.